The summed E-state index contributed by atoms with van der Waals surface area (Å²) in [4.78, 5) is 26.6. The molecular formula is C12H13N3O3. The van der Waals surface area contributed by atoms with Gasteiger partial charge < -0.3 is 14.2 Å². The molecule has 2 rings (SSSR count). The van der Waals surface area contributed by atoms with Crippen molar-refractivity contribution in [1.29, 1.82) is 0 Å². The van der Waals surface area contributed by atoms with Crippen molar-refractivity contribution in [2.24, 2.45) is 7.05 Å². The van der Waals surface area contributed by atoms with E-state index in [0.717, 1.165) is 5.82 Å². The number of pyridine rings is 1. The van der Waals surface area contributed by atoms with E-state index < -0.39 is 5.97 Å². The molecular weight excluding hydrogens is 234 g/mol. The third-order valence-electron chi connectivity index (χ3n) is 2.73. The smallest absolute Gasteiger partial charge is 0.337 e. The third kappa shape index (κ3) is 2.48. The average molecular weight is 247 g/mol. The van der Waals surface area contributed by atoms with Crippen molar-refractivity contribution in [3.63, 3.8) is 0 Å². The Bertz CT molecular complexity index is 627. The molecule has 2 aromatic rings. The number of rotatable bonds is 4. The number of nitrogens with zero attached hydrogens (tertiary/aromatic N) is 3. The highest BCUT2D eigenvalue weighted by Gasteiger charge is 2.06. The Morgan fingerprint density at radius 2 is 2.22 bits per heavy atom. The molecule has 18 heavy (non-hydrogen) atoms. The molecule has 0 bridgehead atoms. The van der Waals surface area contributed by atoms with Crippen LogP contribution in [-0.4, -0.2) is 25.2 Å². The van der Waals surface area contributed by atoms with Crippen LogP contribution in [0.3, 0.4) is 0 Å². The van der Waals surface area contributed by atoms with Gasteiger partial charge in [-0.2, -0.15) is 0 Å². The lowest BCUT2D eigenvalue weighted by atomic mass is 10.3. The molecule has 0 spiro atoms. The van der Waals surface area contributed by atoms with E-state index in [1.165, 1.54) is 22.9 Å². The van der Waals surface area contributed by atoms with Crippen molar-refractivity contribution in [3.05, 3.63) is 52.5 Å². The zero-order chi connectivity index (χ0) is 13.1. The molecule has 0 aliphatic carbocycles. The van der Waals surface area contributed by atoms with Gasteiger partial charge in [0.15, 0.2) is 0 Å². The van der Waals surface area contributed by atoms with E-state index in [9.17, 15) is 9.59 Å². The molecule has 0 saturated carbocycles. The van der Waals surface area contributed by atoms with Gasteiger partial charge in [0.25, 0.3) is 5.56 Å². The number of aromatic carboxylic acids is 1. The lowest BCUT2D eigenvalue weighted by molar-refractivity contribution is 0.0696. The Balaban J connectivity index is 2.19. The number of carboxylic acid groups (broad SMARTS) is 1. The van der Waals surface area contributed by atoms with Crippen LogP contribution >= 0.6 is 0 Å². The fraction of sp³-hybridized carbons (Fsp3) is 0.250. The second kappa shape index (κ2) is 4.87. The molecule has 94 valence electrons. The van der Waals surface area contributed by atoms with Crippen molar-refractivity contribution in [3.8, 4) is 0 Å². The van der Waals surface area contributed by atoms with Gasteiger partial charge >= 0.3 is 5.97 Å². The first-order valence-corrected chi connectivity index (χ1v) is 5.48. The van der Waals surface area contributed by atoms with E-state index in [0.29, 0.717) is 13.0 Å². The number of hydrogen-bond donors (Lipinski definition) is 1. The summed E-state index contributed by atoms with van der Waals surface area (Å²) in [6.45, 7) is 0.408. The molecule has 0 radical (unpaired) electrons. The molecule has 0 unspecified atom stereocenters. The van der Waals surface area contributed by atoms with Crippen LogP contribution in [-0.2, 0) is 20.0 Å². The minimum Gasteiger partial charge on any atom is -0.478 e. The highest BCUT2D eigenvalue weighted by molar-refractivity contribution is 5.87. The van der Waals surface area contributed by atoms with Gasteiger partial charge in [-0.25, -0.2) is 9.78 Å². The van der Waals surface area contributed by atoms with Crippen LogP contribution < -0.4 is 5.56 Å². The molecule has 0 amide bonds. The second-order valence-corrected chi connectivity index (χ2v) is 3.96. The minimum atomic E-state index is -1.04. The number of carboxylic acids is 1. The summed E-state index contributed by atoms with van der Waals surface area (Å²) in [7, 11) is 1.87. The summed E-state index contributed by atoms with van der Waals surface area (Å²) in [6.07, 6.45) is 5.44. The molecule has 2 heterocycles. The first-order valence-electron chi connectivity index (χ1n) is 5.48. The van der Waals surface area contributed by atoms with Crippen molar-refractivity contribution in [2.45, 2.75) is 13.0 Å². The lowest BCUT2D eigenvalue weighted by Crippen LogP contribution is -2.21. The number of aryl methyl sites for hydroxylation is 3. The number of hydrogen-bond acceptors (Lipinski definition) is 3. The summed E-state index contributed by atoms with van der Waals surface area (Å²) >= 11 is 0. The normalized spacial score (nSPS) is 10.5. The Morgan fingerprint density at radius 3 is 2.83 bits per heavy atom. The van der Waals surface area contributed by atoms with Crippen LogP contribution in [0.25, 0.3) is 0 Å². The van der Waals surface area contributed by atoms with Crippen LogP contribution in [0.1, 0.15) is 16.2 Å². The van der Waals surface area contributed by atoms with E-state index in [1.807, 2.05) is 17.8 Å². The summed E-state index contributed by atoms with van der Waals surface area (Å²) in [6, 6.07) is 2.57. The van der Waals surface area contributed by atoms with Crippen LogP contribution in [0.2, 0.25) is 0 Å². The molecule has 0 aromatic carbocycles. The standard InChI is InChI=1S/C12H13N3O3/c1-14-7-5-13-10(14)4-6-15-8-9(12(17)18)2-3-11(15)16/h2-3,5,7-8H,4,6H2,1H3,(H,17,18). The summed E-state index contributed by atoms with van der Waals surface area (Å²) in [5.41, 5.74) is -0.108. The average Bonchev–Trinajstić information content (AvgIpc) is 2.73. The number of imidazole rings is 1. The highest BCUT2D eigenvalue weighted by atomic mass is 16.4. The Kier molecular flexibility index (Phi) is 3.27. The van der Waals surface area contributed by atoms with E-state index >= 15 is 0 Å². The van der Waals surface area contributed by atoms with Crippen molar-refractivity contribution in [2.75, 3.05) is 0 Å². The monoisotopic (exact) mass is 247 g/mol. The zero-order valence-corrected chi connectivity index (χ0v) is 9.91. The van der Waals surface area contributed by atoms with E-state index in [1.54, 1.807) is 6.20 Å². The Morgan fingerprint density at radius 1 is 1.44 bits per heavy atom. The fourth-order valence-electron chi connectivity index (χ4n) is 1.69. The topological polar surface area (TPSA) is 77.1 Å². The first-order chi connectivity index (χ1) is 8.58. The summed E-state index contributed by atoms with van der Waals surface area (Å²) in [5, 5.41) is 8.86. The van der Waals surface area contributed by atoms with Gasteiger partial charge in [-0.05, 0) is 6.07 Å². The van der Waals surface area contributed by atoms with Gasteiger partial charge in [-0.15, -0.1) is 0 Å². The summed E-state index contributed by atoms with van der Waals surface area (Å²) in [5.74, 6) is -0.191. The lowest BCUT2D eigenvalue weighted by Gasteiger charge is -2.06. The predicted octanol–water partition coefficient (Wildman–Crippen LogP) is 0.523. The highest BCUT2D eigenvalue weighted by Crippen LogP contribution is 2.00. The van der Waals surface area contributed by atoms with Crippen molar-refractivity contribution < 1.29 is 9.90 Å². The zero-order valence-electron chi connectivity index (χ0n) is 9.91. The molecule has 0 atom stereocenters. The molecule has 1 N–H and O–H groups in total. The molecule has 6 heteroatoms. The number of aromatic nitrogens is 3. The number of carbonyl (C=O) groups is 1. The van der Waals surface area contributed by atoms with Gasteiger partial charge in [0.2, 0.25) is 0 Å². The molecule has 0 aliphatic heterocycles. The maximum absolute atomic E-state index is 11.6. The molecule has 0 fully saturated rings. The van der Waals surface area contributed by atoms with Crippen LogP contribution in [0.5, 0.6) is 0 Å². The van der Waals surface area contributed by atoms with Gasteiger partial charge in [0.1, 0.15) is 5.82 Å². The summed E-state index contributed by atoms with van der Waals surface area (Å²) < 4.78 is 3.25. The Labute approximate surface area is 103 Å². The van der Waals surface area contributed by atoms with Crippen LogP contribution in [0.15, 0.2) is 35.5 Å². The van der Waals surface area contributed by atoms with Gasteiger partial charge in [0.05, 0.1) is 5.56 Å². The van der Waals surface area contributed by atoms with E-state index in [-0.39, 0.29) is 11.1 Å². The van der Waals surface area contributed by atoms with Crippen molar-refractivity contribution >= 4 is 5.97 Å². The largest absolute Gasteiger partial charge is 0.478 e. The van der Waals surface area contributed by atoms with Gasteiger partial charge in [-0.3, -0.25) is 4.79 Å². The van der Waals surface area contributed by atoms with Crippen LogP contribution in [0.4, 0.5) is 0 Å². The molecule has 0 aliphatic rings. The quantitative estimate of drug-likeness (QED) is 0.854. The molecule has 2 aromatic heterocycles. The first kappa shape index (κ1) is 12.1. The van der Waals surface area contributed by atoms with E-state index in [4.69, 9.17) is 5.11 Å². The maximum Gasteiger partial charge on any atom is 0.337 e. The van der Waals surface area contributed by atoms with Crippen LogP contribution in [0, 0.1) is 0 Å². The molecule has 6 nitrogen and oxygen atoms in total. The minimum absolute atomic E-state index is 0.106. The Hall–Kier alpha value is -2.37. The van der Waals surface area contributed by atoms with E-state index in [2.05, 4.69) is 4.98 Å². The van der Waals surface area contributed by atoms with Gasteiger partial charge in [0, 0.05) is 44.7 Å². The second-order valence-electron chi connectivity index (χ2n) is 3.96. The van der Waals surface area contributed by atoms with Crippen molar-refractivity contribution in [1.82, 2.24) is 14.1 Å². The molecule has 0 saturated heterocycles. The predicted molar refractivity (Wildman–Crippen MR) is 64.6 cm³/mol. The maximum atomic E-state index is 11.6. The third-order valence-corrected chi connectivity index (χ3v) is 2.73. The van der Waals surface area contributed by atoms with Gasteiger partial charge in [-0.1, -0.05) is 0 Å². The SMILES string of the molecule is Cn1ccnc1CCn1cc(C(=O)O)ccc1=O. The fourth-order valence-corrected chi connectivity index (χ4v) is 1.69.